The van der Waals surface area contributed by atoms with E-state index in [1.54, 1.807) is 0 Å². The molecule has 0 radical (unpaired) electrons. The van der Waals surface area contributed by atoms with Crippen molar-refractivity contribution in [2.45, 2.75) is 12.8 Å². The number of nitroso groups, excluding NO2 is 1. The van der Waals surface area contributed by atoms with Gasteiger partial charge in [-0.15, -0.1) is 4.91 Å². The maximum absolute atomic E-state index is 10.2. The lowest BCUT2D eigenvalue weighted by Gasteiger charge is -2.05. The van der Waals surface area contributed by atoms with Crippen molar-refractivity contribution in [3.05, 3.63) is 4.91 Å². The Morgan fingerprint density at radius 2 is 2.45 bits per heavy atom. The van der Waals surface area contributed by atoms with Crippen LogP contribution in [0.5, 0.6) is 0 Å². The lowest BCUT2D eigenvalue weighted by atomic mass is 10.1. The predicted molar refractivity (Wildman–Crippen MR) is 37.7 cm³/mol. The molecule has 0 bridgehead atoms. The third-order valence-corrected chi connectivity index (χ3v) is 1.84. The van der Waals surface area contributed by atoms with E-state index in [-0.39, 0.29) is 12.3 Å². The van der Waals surface area contributed by atoms with Gasteiger partial charge in [-0.2, -0.15) is 0 Å². The Morgan fingerprint density at radius 1 is 1.73 bits per heavy atom. The van der Waals surface area contributed by atoms with Crippen LogP contribution in [-0.4, -0.2) is 29.2 Å². The SMILES string of the molecule is O=NN1CCC(CC(=O)O)C1. The minimum Gasteiger partial charge on any atom is -0.481 e. The molecule has 62 valence electrons. The number of hydrogen-bond donors (Lipinski definition) is 1. The molecule has 1 heterocycles. The normalized spacial score (nSPS) is 23.6. The Morgan fingerprint density at radius 3 is 2.91 bits per heavy atom. The average molecular weight is 158 g/mol. The van der Waals surface area contributed by atoms with Crippen LogP contribution in [0.2, 0.25) is 0 Å². The maximum Gasteiger partial charge on any atom is 0.303 e. The Bertz CT molecular complexity index is 171. The molecule has 1 fully saturated rings. The molecule has 0 amide bonds. The molecular formula is C6H10N2O3. The van der Waals surface area contributed by atoms with Crippen LogP contribution in [0, 0.1) is 10.8 Å². The Hall–Kier alpha value is -1.13. The third kappa shape index (κ3) is 2.18. The minimum absolute atomic E-state index is 0.102. The highest BCUT2D eigenvalue weighted by Gasteiger charge is 2.23. The van der Waals surface area contributed by atoms with Crippen LogP contribution in [0.4, 0.5) is 0 Å². The highest BCUT2D eigenvalue weighted by molar-refractivity contribution is 5.67. The first kappa shape index (κ1) is 7.97. The molecule has 5 nitrogen and oxygen atoms in total. The van der Waals surface area contributed by atoms with Gasteiger partial charge in [-0.3, -0.25) is 9.80 Å². The second kappa shape index (κ2) is 3.32. The van der Waals surface area contributed by atoms with Gasteiger partial charge in [0.05, 0.1) is 5.29 Å². The van der Waals surface area contributed by atoms with Gasteiger partial charge in [0.25, 0.3) is 0 Å². The van der Waals surface area contributed by atoms with Crippen molar-refractivity contribution in [1.29, 1.82) is 0 Å². The van der Waals surface area contributed by atoms with Crippen LogP contribution in [0.3, 0.4) is 0 Å². The van der Waals surface area contributed by atoms with Gasteiger partial charge in [0.1, 0.15) is 0 Å². The number of nitrogens with zero attached hydrogens (tertiary/aromatic N) is 2. The van der Waals surface area contributed by atoms with E-state index in [1.807, 2.05) is 0 Å². The third-order valence-electron chi connectivity index (χ3n) is 1.84. The van der Waals surface area contributed by atoms with Crippen LogP contribution in [0.25, 0.3) is 0 Å². The van der Waals surface area contributed by atoms with Gasteiger partial charge in [-0.05, 0) is 12.3 Å². The van der Waals surface area contributed by atoms with Crippen LogP contribution < -0.4 is 0 Å². The van der Waals surface area contributed by atoms with Crippen LogP contribution in [-0.2, 0) is 4.79 Å². The minimum atomic E-state index is -0.803. The first-order valence-corrected chi connectivity index (χ1v) is 3.52. The molecule has 1 N–H and O–H groups in total. The van der Waals surface area contributed by atoms with Crippen LogP contribution >= 0.6 is 0 Å². The number of carboxylic acids is 1. The Labute approximate surface area is 63.9 Å². The van der Waals surface area contributed by atoms with E-state index < -0.39 is 5.97 Å². The van der Waals surface area contributed by atoms with Gasteiger partial charge in [-0.25, -0.2) is 0 Å². The molecule has 11 heavy (non-hydrogen) atoms. The number of aliphatic carboxylic acids is 1. The smallest absolute Gasteiger partial charge is 0.303 e. The molecule has 0 spiro atoms. The topological polar surface area (TPSA) is 70.0 Å². The monoisotopic (exact) mass is 158 g/mol. The van der Waals surface area contributed by atoms with E-state index in [0.717, 1.165) is 6.42 Å². The van der Waals surface area contributed by atoms with Crippen molar-refractivity contribution in [2.75, 3.05) is 13.1 Å². The van der Waals surface area contributed by atoms with Gasteiger partial charge in [-0.1, -0.05) is 0 Å². The molecule has 0 aromatic carbocycles. The summed E-state index contributed by atoms with van der Waals surface area (Å²) in [6.45, 7) is 1.09. The molecule has 0 saturated carbocycles. The maximum atomic E-state index is 10.2. The second-order valence-corrected chi connectivity index (χ2v) is 2.75. The molecule has 1 aliphatic heterocycles. The summed E-state index contributed by atoms with van der Waals surface area (Å²) < 4.78 is 0. The zero-order chi connectivity index (χ0) is 8.27. The Kier molecular flexibility index (Phi) is 2.40. The molecule has 0 aromatic rings. The molecule has 1 unspecified atom stereocenters. The van der Waals surface area contributed by atoms with Crippen molar-refractivity contribution in [2.24, 2.45) is 11.2 Å². The quantitative estimate of drug-likeness (QED) is 0.606. The second-order valence-electron chi connectivity index (χ2n) is 2.75. The van der Waals surface area contributed by atoms with Crippen molar-refractivity contribution < 1.29 is 9.90 Å². The van der Waals surface area contributed by atoms with Gasteiger partial charge in [0.15, 0.2) is 0 Å². The molecular weight excluding hydrogens is 148 g/mol. The van der Waals surface area contributed by atoms with Gasteiger partial charge >= 0.3 is 5.97 Å². The van der Waals surface area contributed by atoms with Crippen molar-refractivity contribution in [1.82, 2.24) is 5.01 Å². The highest BCUT2D eigenvalue weighted by atomic mass is 16.4. The molecule has 1 atom stereocenters. The van der Waals surface area contributed by atoms with E-state index in [0.29, 0.717) is 13.1 Å². The van der Waals surface area contributed by atoms with E-state index in [9.17, 15) is 9.70 Å². The predicted octanol–water partition coefficient (Wildman–Crippen LogP) is 0.464. The largest absolute Gasteiger partial charge is 0.481 e. The fraction of sp³-hybridized carbons (Fsp3) is 0.833. The van der Waals surface area contributed by atoms with Crippen molar-refractivity contribution in [3.8, 4) is 0 Å². The zero-order valence-electron chi connectivity index (χ0n) is 6.06. The summed E-state index contributed by atoms with van der Waals surface area (Å²) in [5.41, 5.74) is 0. The molecule has 1 rings (SSSR count). The number of carboxylic acid groups (broad SMARTS) is 1. The molecule has 1 saturated heterocycles. The van der Waals surface area contributed by atoms with E-state index >= 15 is 0 Å². The summed E-state index contributed by atoms with van der Waals surface area (Å²) in [5.74, 6) is -0.701. The highest BCUT2D eigenvalue weighted by Crippen LogP contribution is 2.18. The Balaban J connectivity index is 2.29. The zero-order valence-corrected chi connectivity index (χ0v) is 6.06. The number of carbonyl (C=O) groups is 1. The van der Waals surface area contributed by atoms with Crippen LogP contribution in [0.1, 0.15) is 12.8 Å². The van der Waals surface area contributed by atoms with E-state index in [4.69, 9.17) is 5.11 Å². The fourth-order valence-electron chi connectivity index (χ4n) is 1.30. The van der Waals surface area contributed by atoms with Gasteiger partial charge < -0.3 is 5.11 Å². The summed E-state index contributed by atoms with van der Waals surface area (Å²) >= 11 is 0. The summed E-state index contributed by atoms with van der Waals surface area (Å²) in [6.07, 6.45) is 0.907. The van der Waals surface area contributed by atoms with Gasteiger partial charge in [0.2, 0.25) is 0 Å². The molecule has 0 aromatic heterocycles. The lowest BCUT2D eigenvalue weighted by Crippen LogP contribution is -2.14. The summed E-state index contributed by atoms with van der Waals surface area (Å²) in [6, 6.07) is 0. The molecule has 1 aliphatic rings. The molecule has 5 heteroatoms. The first-order valence-electron chi connectivity index (χ1n) is 3.52. The summed E-state index contributed by atoms with van der Waals surface area (Å²) in [4.78, 5) is 20.2. The fourth-order valence-corrected chi connectivity index (χ4v) is 1.30. The van der Waals surface area contributed by atoms with Crippen LogP contribution in [0.15, 0.2) is 5.29 Å². The molecule has 0 aliphatic carbocycles. The lowest BCUT2D eigenvalue weighted by molar-refractivity contribution is -0.138. The summed E-state index contributed by atoms with van der Waals surface area (Å²) in [7, 11) is 0. The van der Waals surface area contributed by atoms with E-state index in [2.05, 4.69) is 5.29 Å². The van der Waals surface area contributed by atoms with Crippen molar-refractivity contribution in [3.63, 3.8) is 0 Å². The number of rotatable bonds is 3. The van der Waals surface area contributed by atoms with Crippen molar-refractivity contribution >= 4 is 5.97 Å². The summed E-state index contributed by atoms with van der Waals surface area (Å²) in [5, 5.41) is 12.5. The van der Waals surface area contributed by atoms with Gasteiger partial charge in [0, 0.05) is 19.5 Å². The average Bonchev–Trinajstić information content (AvgIpc) is 2.34. The standard InChI is InChI=1S/C6H10N2O3/c9-6(10)3-5-1-2-8(4-5)7-11/h5H,1-4H2,(H,9,10). The first-order chi connectivity index (χ1) is 5.22. The van der Waals surface area contributed by atoms with E-state index in [1.165, 1.54) is 5.01 Å². The number of hydrogen-bond acceptors (Lipinski definition) is 3.